The van der Waals surface area contributed by atoms with E-state index >= 15 is 0 Å². The molecule has 3 rings (SSSR count). The highest BCUT2D eigenvalue weighted by Gasteiger charge is 2.34. The molecule has 0 bridgehead atoms. The quantitative estimate of drug-likeness (QED) is 0.864. The molecule has 0 aromatic carbocycles. The number of likely N-dealkylation sites (tertiary alicyclic amines) is 1. The topological polar surface area (TPSA) is 64.2 Å². The number of aromatic nitrogens is 3. The molecule has 2 aromatic rings. The first-order valence-corrected chi connectivity index (χ1v) is 8.18. The summed E-state index contributed by atoms with van der Waals surface area (Å²) in [5.74, 6) is 0.0587. The second kappa shape index (κ2) is 6.00. The number of nitrogens with zero attached hydrogens (tertiary/aromatic N) is 4. The van der Waals surface area contributed by atoms with Crippen LogP contribution in [0.2, 0.25) is 5.22 Å². The van der Waals surface area contributed by atoms with Gasteiger partial charge in [0.25, 0.3) is 0 Å². The highest BCUT2D eigenvalue weighted by molar-refractivity contribution is 6.29. The molecule has 1 fully saturated rings. The number of carbonyl (C=O) groups excluding carboxylic acids is 1. The van der Waals surface area contributed by atoms with Crippen molar-refractivity contribution in [1.82, 2.24) is 19.8 Å². The maximum atomic E-state index is 12.8. The first kappa shape index (κ1) is 16.1. The van der Waals surface area contributed by atoms with Crippen LogP contribution in [0.3, 0.4) is 0 Å². The summed E-state index contributed by atoms with van der Waals surface area (Å²) >= 11 is 5.99. The van der Waals surface area contributed by atoms with Crippen LogP contribution in [-0.2, 0) is 18.3 Å². The van der Waals surface area contributed by atoms with E-state index in [-0.39, 0.29) is 23.6 Å². The molecule has 1 saturated heterocycles. The van der Waals surface area contributed by atoms with Gasteiger partial charge in [-0.25, -0.2) is 0 Å². The van der Waals surface area contributed by atoms with Gasteiger partial charge in [-0.15, -0.1) is 0 Å². The van der Waals surface area contributed by atoms with Crippen molar-refractivity contribution in [2.24, 2.45) is 7.05 Å². The number of carbonyl (C=O) groups is 1. The molecular weight excluding hydrogens is 316 g/mol. The lowest BCUT2D eigenvalue weighted by atomic mass is 10.0. The molecule has 6 nitrogen and oxygen atoms in total. The van der Waals surface area contributed by atoms with Crippen molar-refractivity contribution in [3.8, 4) is 0 Å². The summed E-state index contributed by atoms with van der Waals surface area (Å²) in [5.41, 5.74) is 4.64. The monoisotopic (exact) mass is 336 g/mol. The maximum Gasteiger partial charge on any atom is 0.229 e. The molecule has 1 aliphatic rings. The zero-order chi connectivity index (χ0) is 16.7. The SMILES string of the molecule is Cc1noc(Cl)c1CC(=O)N1CCC[C@H]1c1c(C)nn(C)c1C. The van der Waals surface area contributed by atoms with Gasteiger partial charge in [-0.1, -0.05) is 5.16 Å². The van der Waals surface area contributed by atoms with E-state index in [4.69, 9.17) is 16.1 Å². The molecule has 0 unspecified atom stereocenters. The standard InChI is InChI=1S/C16H21ClN4O2/c1-9-12(16(17)23-19-9)8-14(22)21-7-5-6-13(21)15-10(2)18-20(4)11(15)3/h13H,5-8H2,1-4H3/t13-/m0/s1. The van der Waals surface area contributed by atoms with E-state index in [1.54, 1.807) is 6.92 Å². The lowest BCUT2D eigenvalue weighted by Gasteiger charge is -2.25. The van der Waals surface area contributed by atoms with Gasteiger partial charge in [0.15, 0.2) is 0 Å². The van der Waals surface area contributed by atoms with E-state index in [9.17, 15) is 4.79 Å². The van der Waals surface area contributed by atoms with Crippen molar-refractivity contribution >= 4 is 17.5 Å². The smallest absolute Gasteiger partial charge is 0.229 e. The fraction of sp³-hybridized carbons (Fsp3) is 0.562. The third kappa shape index (κ3) is 2.76. The first-order chi connectivity index (χ1) is 10.9. The largest absolute Gasteiger partial charge is 0.344 e. The minimum atomic E-state index is 0.0587. The minimum Gasteiger partial charge on any atom is -0.344 e. The Bertz CT molecular complexity index is 730. The first-order valence-electron chi connectivity index (χ1n) is 7.80. The molecule has 0 radical (unpaired) electrons. The Balaban J connectivity index is 1.85. The van der Waals surface area contributed by atoms with Crippen LogP contribution in [0.4, 0.5) is 0 Å². The summed E-state index contributed by atoms with van der Waals surface area (Å²) < 4.78 is 6.82. The van der Waals surface area contributed by atoms with Crippen LogP contribution in [0.1, 0.15) is 47.1 Å². The van der Waals surface area contributed by atoms with Gasteiger partial charge in [-0.2, -0.15) is 5.10 Å². The van der Waals surface area contributed by atoms with Gasteiger partial charge in [0, 0.05) is 30.4 Å². The van der Waals surface area contributed by atoms with Gasteiger partial charge >= 0.3 is 0 Å². The number of aryl methyl sites for hydroxylation is 3. The van der Waals surface area contributed by atoms with E-state index in [2.05, 4.69) is 17.2 Å². The van der Waals surface area contributed by atoms with Crippen molar-refractivity contribution in [2.75, 3.05) is 6.54 Å². The Morgan fingerprint density at radius 2 is 2.09 bits per heavy atom. The Morgan fingerprint density at radius 1 is 1.35 bits per heavy atom. The molecule has 2 aromatic heterocycles. The van der Waals surface area contributed by atoms with Crippen LogP contribution in [-0.4, -0.2) is 32.3 Å². The molecule has 0 aliphatic carbocycles. The van der Waals surface area contributed by atoms with Crippen LogP contribution >= 0.6 is 11.6 Å². The molecular formula is C16H21ClN4O2. The van der Waals surface area contributed by atoms with E-state index in [1.165, 1.54) is 5.56 Å². The van der Waals surface area contributed by atoms with E-state index in [0.29, 0.717) is 11.3 Å². The second-order valence-electron chi connectivity index (χ2n) is 6.15. The fourth-order valence-corrected chi connectivity index (χ4v) is 3.69. The molecule has 1 aliphatic heterocycles. The molecule has 1 amide bonds. The predicted octanol–water partition coefficient (Wildman–Crippen LogP) is 2.89. The summed E-state index contributed by atoms with van der Waals surface area (Å²) in [6.07, 6.45) is 2.19. The molecule has 1 atom stereocenters. The predicted molar refractivity (Wildman–Crippen MR) is 86.3 cm³/mol. The molecule has 0 spiro atoms. The van der Waals surface area contributed by atoms with Crippen molar-refractivity contribution in [3.05, 3.63) is 33.4 Å². The zero-order valence-corrected chi connectivity index (χ0v) is 14.6. The molecule has 23 heavy (non-hydrogen) atoms. The van der Waals surface area contributed by atoms with Crippen LogP contribution in [0.5, 0.6) is 0 Å². The van der Waals surface area contributed by atoms with Crippen molar-refractivity contribution in [2.45, 2.75) is 46.1 Å². The zero-order valence-electron chi connectivity index (χ0n) is 13.9. The van der Waals surface area contributed by atoms with E-state index < -0.39 is 0 Å². The Hall–Kier alpha value is -1.82. The highest BCUT2D eigenvalue weighted by atomic mass is 35.5. The van der Waals surface area contributed by atoms with Crippen LogP contribution in [0.25, 0.3) is 0 Å². The van der Waals surface area contributed by atoms with Crippen LogP contribution < -0.4 is 0 Å². The summed E-state index contributed by atoms with van der Waals surface area (Å²) in [4.78, 5) is 14.7. The van der Waals surface area contributed by atoms with Gasteiger partial charge in [0.2, 0.25) is 11.1 Å². The number of halogens is 1. The van der Waals surface area contributed by atoms with E-state index in [1.807, 2.05) is 23.6 Å². The lowest BCUT2D eigenvalue weighted by Crippen LogP contribution is -2.32. The number of amides is 1. The molecule has 7 heteroatoms. The summed E-state index contributed by atoms with van der Waals surface area (Å²) in [6, 6.07) is 0.0927. The number of rotatable bonds is 3. The van der Waals surface area contributed by atoms with Gasteiger partial charge < -0.3 is 9.42 Å². The maximum absolute atomic E-state index is 12.8. The van der Waals surface area contributed by atoms with Crippen molar-refractivity contribution in [3.63, 3.8) is 0 Å². The average Bonchev–Trinajstić information content (AvgIpc) is 3.15. The Labute approximate surface area is 140 Å². The third-order valence-electron chi connectivity index (χ3n) is 4.74. The van der Waals surface area contributed by atoms with Gasteiger partial charge in [-0.05, 0) is 45.2 Å². The van der Waals surface area contributed by atoms with Gasteiger partial charge in [0.1, 0.15) is 0 Å². The summed E-state index contributed by atoms with van der Waals surface area (Å²) in [7, 11) is 1.94. The highest BCUT2D eigenvalue weighted by Crippen LogP contribution is 2.36. The van der Waals surface area contributed by atoms with Gasteiger partial charge in [-0.3, -0.25) is 9.48 Å². The number of hydrogen-bond donors (Lipinski definition) is 0. The average molecular weight is 337 g/mol. The van der Waals surface area contributed by atoms with Crippen molar-refractivity contribution in [1.29, 1.82) is 0 Å². The molecule has 124 valence electrons. The lowest BCUT2D eigenvalue weighted by molar-refractivity contribution is -0.131. The normalized spacial score (nSPS) is 18.0. The minimum absolute atomic E-state index is 0.0587. The van der Waals surface area contributed by atoms with Crippen LogP contribution in [0.15, 0.2) is 4.52 Å². The Kier molecular flexibility index (Phi) is 4.19. The van der Waals surface area contributed by atoms with Crippen LogP contribution in [0, 0.1) is 20.8 Å². The molecule has 0 saturated carbocycles. The third-order valence-corrected chi connectivity index (χ3v) is 5.03. The van der Waals surface area contributed by atoms with E-state index in [0.717, 1.165) is 30.8 Å². The molecule has 0 N–H and O–H groups in total. The fourth-order valence-electron chi connectivity index (χ4n) is 3.45. The number of hydrogen-bond acceptors (Lipinski definition) is 4. The second-order valence-corrected chi connectivity index (χ2v) is 6.49. The Morgan fingerprint density at radius 3 is 2.65 bits per heavy atom. The van der Waals surface area contributed by atoms with Gasteiger partial charge in [0.05, 0.1) is 23.9 Å². The summed E-state index contributed by atoms with van der Waals surface area (Å²) in [5, 5.41) is 8.51. The summed E-state index contributed by atoms with van der Waals surface area (Å²) in [6.45, 7) is 6.62. The van der Waals surface area contributed by atoms with Crippen molar-refractivity contribution < 1.29 is 9.32 Å². The molecule has 3 heterocycles.